The van der Waals surface area contributed by atoms with Crippen molar-refractivity contribution in [1.82, 2.24) is 9.97 Å². The van der Waals surface area contributed by atoms with Gasteiger partial charge in [0.2, 0.25) is 0 Å². The number of hydrogen-bond donors (Lipinski definition) is 1. The monoisotopic (exact) mass is 294 g/mol. The van der Waals surface area contributed by atoms with Crippen LogP contribution in [0, 0.1) is 12.8 Å². The van der Waals surface area contributed by atoms with Gasteiger partial charge in [0.15, 0.2) is 0 Å². The van der Waals surface area contributed by atoms with E-state index in [1.54, 1.807) is 18.7 Å². The fraction of sp³-hybridized carbons (Fsp3) is 0.667. The Hall–Kier alpha value is -1.10. The molecule has 1 heterocycles. The lowest BCUT2D eigenvalue weighted by Gasteiger charge is -2.13. The van der Waals surface area contributed by atoms with Crippen LogP contribution in [0.1, 0.15) is 67.3 Å². The van der Waals surface area contributed by atoms with Crippen LogP contribution in [-0.4, -0.2) is 26.8 Å². The van der Waals surface area contributed by atoms with Gasteiger partial charge < -0.3 is 5.11 Å². The first kappa shape index (κ1) is 15.3. The van der Waals surface area contributed by atoms with Crippen LogP contribution in [0.3, 0.4) is 0 Å². The molecule has 0 aromatic carbocycles. The average Bonchev–Trinajstić information content (AvgIpc) is 2.88. The molecule has 0 spiro atoms. The highest BCUT2D eigenvalue weighted by Gasteiger charge is 2.22. The summed E-state index contributed by atoms with van der Waals surface area (Å²) >= 11 is 1.59. The van der Waals surface area contributed by atoms with Crippen molar-refractivity contribution < 1.29 is 9.90 Å². The van der Waals surface area contributed by atoms with Crippen molar-refractivity contribution in [1.29, 1.82) is 0 Å². The van der Waals surface area contributed by atoms with Crippen molar-refractivity contribution in [2.24, 2.45) is 5.92 Å². The zero-order valence-corrected chi connectivity index (χ0v) is 13.2. The highest BCUT2D eigenvalue weighted by molar-refractivity contribution is 7.99. The minimum atomic E-state index is -0.924. The molecule has 0 bridgehead atoms. The second-order valence-electron chi connectivity index (χ2n) is 5.77. The minimum Gasteiger partial charge on any atom is -0.478 e. The summed E-state index contributed by atoms with van der Waals surface area (Å²) in [4.78, 5) is 20.2. The van der Waals surface area contributed by atoms with E-state index in [1.807, 2.05) is 13.8 Å². The van der Waals surface area contributed by atoms with E-state index in [4.69, 9.17) is 0 Å². The maximum atomic E-state index is 11.4. The highest BCUT2D eigenvalue weighted by atomic mass is 32.2. The largest absolute Gasteiger partial charge is 0.478 e. The first-order valence-electron chi connectivity index (χ1n) is 7.23. The number of aromatic nitrogens is 2. The van der Waals surface area contributed by atoms with E-state index in [0.717, 1.165) is 11.6 Å². The van der Waals surface area contributed by atoms with Gasteiger partial charge in [-0.2, -0.15) is 0 Å². The Morgan fingerprint density at radius 2 is 2.00 bits per heavy atom. The summed E-state index contributed by atoms with van der Waals surface area (Å²) in [5.74, 6) is 1.70. The van der Waals surface area contributed by atoms with Crippen LogP contribution in [0.4, 0.5) is 0 Å². The van der Waals surface area contributed by atoms with E-state index in [-0.39, 0.29) is 11.5 Å². The quantitative estimate of drug-likeness (QED) is 0.659. The van der Waals surface area contributed by atoms with Gasteiger partial charge >= 0.3 is 5.97 Å². The number of thioether (sulfide) groups is 1. The summed E-state index contributed by atoms with van der Waals surface area (Å²) in [5.41, 5.74) is 0.850. The second kappa shape index (κ2) is 6.57. The Morgan fingerprint density at radius 1 is 1.35 bits per heavy atom. The zero-order chi connectivity index (χ0) is 14.7. The fourth-order valence-corrected chi connectivity index (χ4v) is 3.81. The molecule has 2 rings (SSSR count). The number of carbonyl (C=O) groups is 1. The van der Waals surface area contributed by atoms with E-state index >= 15 is 0 Å². The summed E-state index contributed by atoms with van der Waals surface area (Å²) in [6.07, 6.45) is 5.13. The lowest BCUT2D eigenvalue weighted by atomic mass is 10.1. The summed E-state index contributed by atoms with van der Waals surface area (Å²) in [5, 5.41) is 10.0. The number of aromatic carboxylic acids is 1. The Balaban J connectivity index is 2.24. The van der Waals surface area contributed by atoms with E-state index < -0.39 is 5.97 Å². The fourth-order valence-electron chi connectivity index (χ4n) is 2.55. The second-order valence-corrected chi connectivity index (χ2v) is 6.78. The molecule has 0 amide bonds. The molecule has 1 N–H and O–H groups in total. The van der Waals surface area contributed by atoms with Crippen molar-refractivity contribution in [3.05, 3.63) is 17.1 Å². The van der Waals surface area contributed by atoms with E-state index in [2.05, 4.69) is 9.97 Å². The maximum Gasteiger partial charge on any atom is 0.340 e. The van der Waals surface area contributed by atoms with Gasteiger partial charge in [0.25, 0.3) is 0 Å². The molecule has 1 aliphatic carbocycles. The molecule has 0 radical (unpaired) electrons. The Kier molecular flexibility index (Phi) is 5.02. The number of rotatable bonds is 5. The third-order valence-electron chi connectivity index (χ3n) is 3.73. The number of aryl methyl sites for hydroxylation is 1. The molecule has 110 valence electrons. The molecule has 4 nitrogen and oxygen atoms in total. The minimum absolute atomic E-state index is 0.211. The number of carboxylic acid groups (broad SMARTS) is 1. The summed E-state index contributed by atoms with van der Waals surface area (Å²) < 4.78 is 0. The first-order valence-corrected chi connectivity index (χ1v) is 8.22. The molecular formula is C15H22N2O2S. The predicted molar refractivity (Wildman–Crippen MR) is 80.5 cm³/mol. The van der Waals surface area contributed by atoms with Crippen LogP contribution in [0.15, 0.2) is 5.03 Å². The van der Waals surface area contributed by atoms with Crippen LogP contribution in [0.2, 0.25) is 0 Å². The molecule has 1 fully saturated rings. The van der Waals surface area contributed by atoms with Crippen LogP contribution < -0.4 is 0 Å². The standard InChI is InChI=1S/C15H22N2O2S/c1-9(2)13-16-10(3)12(15(18)19)14(17-13)20-8-11-6-4-5-7-11/h9,11H,4-8H2,1-3H3,(H,18,19). The smallest absolute Gasteiger partial charge is 0.340 e. The van der Waals surface area contributed by atoms with E-state index in [1.165, 1.54) is 25.7 Å². The van der Waals surface area contributed by atoms with Crippen LogP contribution >= 0.6 is 11.8 Å². The maximum absolute atomic E-state index is 11.4. The van der Waals surface area contributed by atoms with Gasteiger partial charge in [0, 0.05) is 11.7 Å². The van der Waals surface area contributed by atoms with Crippen molar-refractivity contribution in [2.75, 3.05) is 5.75 Å². The molecule has 1 saturated carbocycles. The molecule has 1 aromatic heterocycles. The summed E-state index contributed by atoms with van der Waals surface area (Å²) in [7, 11) is 0. The zero-order valence-electron chi connectivity index (χ0n) is 12.3. The van der Waals surface area contributed by atoms with E-state index in [9.17, 15) is 9.90 Å². The summed E-state index contributed by atoms with van der Waals surface area (Å²) in [6, 6.07) is 0. The van der Waals surface area contributed by atoms with Crippen molar-refractivity contribution in [3.63, 3.8) is 0 Å². The highest BCUT2D eigenvalue weighted by Crippen LogP contribution is 2.32. The number of nitrogens with zero attached hydrogens (tertiary/aromatic N) is 2. The van der Waals surface area contributed by atoms with Gasteiger partial charge in [-0.05, 0) is 25.7 Å². The number of carboxylic acids is 1. The Morgan fingerprint density at radius 3 is 2.55 bits per heavy atom. The van der Waals surface area contributed by atoms with Crippen molar-refractivity contribution >= 4 is 17.7 Å². The SMILES string of the molecule is Cc1nc(C(C)C)nc(SCC2CCCC2)c1C(=O)O. The molecule has 0 aliphatic heterocycles. The van der Waals surface area contributed by atoms with Crippen molar-refractivity contribution in [3.8, 4) is 0 Å². The molecule has 1 aromatic rings. The number of hydrogen-bond acceptors (Lipinski definition) is 4. The molecule has 0 atom stereocenters. The first-order chi connectivity index (χ1) is 9.49. The lowest BCUT2D eigenvalue weighted by Crippen LogP contribution is -2.11. The van der Waals surface area contributed by atoms with Crippen LogP contribution in [0.5, 0.6) is 0 Å². The van der Waals surface area contributed by atoms with Gasteiger partial charge in [-0.25, -0.2) is 14.8 Å². The molecule has 0 unspecified atom stereocenters. The normalized spacial score (nSPS) is 16.0. The van der Waals surface area contributed by atoms with Crippen molar-refractivity contribution in [2.45, 2.75) is 57.4 Å². The van der Waals surface area contributed by atoms with Gasteiger partial charge in [-0.1, -0.05) is 26.7 Å². The molecule has 5 heteroatoms. The molecule has 20 heavy (non-hydrogen) atoms. The van der Waals surface area contributed by atoms with Crippen LogP contribution in [0.25, 0.3) is 0 Å². The Bertz CT molecular complexity index is 497. The molecular weight excluding hydrogens is 272 g/mol. The van der Waals surface area contributed by atoms with Gasteiger partial charge in [0.05, 0.1) is 5.69 Å². The lowest BCUT2D eigenvalue weighted by molar-refractivity contribution is 0.0690. The average molecular weight is 294 g/mol. The Labute approximate surface area is 124 Å². The topological polar surface area (TPSA) is 63.1 Å². The summed E-state index contributed by atoms with van der Waals surface area (Å²) in [6.45, 7) is 5.82. The van der Waals surface area contributed by atoms with Gasteiger partial charge in [-0.3, -0.25) is 0 Å². The predicted octanol–water partition coefficient (Wildman–Crippen LogP) is 3.89. The molecule has 0 saturated heterocycles. The van der Waals surface area contributed by atoms with E-state index in [0.29, 0.717) is 16.6 Å². The van der Waals surface area contributed by atoms with Gasteiger partial charge in [-0.15, -0.1) is 11.8 Å². The third kappa shape index (κ3) is 3.51. The van der Waals surface area contributed by atoms with Gasteiger partial charge in [0.1, 0.15) is 16.4 Å². The third-order valence-corrected chi connectivity index (χ3v) is 4.94. The molecule has 1 aliphatic rings. The van der Waals surface area contributed by atoms with Crippen LogP contribution in [-0.2, 0) is 0 Å².